The third-order valence-electron chi connectivity index (χ3n) is 11.4. The van der Waals surface area contributed by atoms with Crippen molar-refractivity contribution in [2.45, 2.75) is 58.0 Å². The second-order valence-corrected chi connectivity index (χ2v) is 20.5. The highest BCUT2D eigenvalue weighted by atomic mass is 31.2. The number of nitrogens with one attached hydrogen (secondary N) is 2. The maximum Gasteiger partial charge on any atom is 0.530 e. The lowest BCUT2D eigenvalue weighted by Gasteiger charge is -2.31. The predicted octanol–water partition coefficient (Wildman–Crippen LogP) is 13.6. The number of hydrogen-bond acceptors (Lipinski definition) is 13. The number of benzene rings is 8. The molecule has 8 aromatic carbocycles. The average molecular weight is 1050 g/mol. The summed E-state index contributed by atoms with van der Waals surface area (Å²) in [5, 5.41) is 0. The molecule has 8 rings (SSSR count). The molecule has 0 aliphatic heterocycles. The number of carbonyl (C=O) groups is 2. The van der Waals surface area contributed by atoms with Gasteiger partial charge in [0.2, 0.25) is 0 Å². The molecule has 0 fully saturated rings. The molecule has 0 aromatic heterocycles. The number of esters is 1. The highest BCUT2D eigenvalue weighted by Gasteiger charge is 2.40. The van der Waals surface area contributed by atoms with E-state index < -0.39 is 39.4 Å². The molecule has 0 aliphatic carbocycles. The molecule has 75 heavy (non-hydrogen) atoms. The van der Waals surface area contributed by atoms with Crippen LogP contribution >= 0.6 is 15.6 Å². The Morgan fingerprint density at radius 1 is 0.440 bits per heavy atom. The van der Waals surface area contributed by atoms with Crippen LogP contribution in [0.5, 0.6) is 11.5 Å². The van der Waals surface area contributed by atoms with Gasteiger partial charge in [0.15, 0.2) is 17.6 Å². The topological polar surface area (TPSA) is 166 Å². The van der Waals surface area contributed by atoms with Crippen LogP contribution in [0.3, 0.4) is 0 Å². The normalized spacial score (nSPS) is 12.3. The number of carbonyl (C=O) groups excluding carboxylic acids is 2. The lowest BCUT2D eigenvalue weighted by atomic mass is 9.92. The predicted molar refractivity (Wildman–Crippen MR) is 284 cm³/mol. The van der Waals surface area contributed by atoms with E-state index >= 15 is 4.57 Å². The molecule has 8 aromatic rings. The van der Waals surface area contributed by atoms with E-state index in [1.54, 1.807) is 61.5 Å². The Morgan fingerprint density at radius 2 is 0.787 bits per heavy atom. The number of ether oxygens (including phenoxy) is 2. The van der Waals surface area contributed by atoms with Crippen LogP contribution in [0, 0.1) is 0 Å². The maximum absolute atomic E-state index is 15.1. The number of phosphoric ester groups is 2. The van der Waals surface area contributed by atoms with E-state index in [0.29, 0.717) is 38.9 Å². The largest absolute Gasteiger partial charge is 0.530 e. The number of hydrazine groups is 1. The standard InChI is InChI=1S/C59H56N2O12P2/c1-59(61-60-58(63)66-41-46-23-9-2-10-24-46,57(62)71-56(52-33-19-7-20-34-52)53-35-21-8-22-36-53)40-51-37-38-54(72-74(64,67-42-47-25-11-3-12-26-47)68-43-48-27-13-4-14-28-48)55(39-51)73-75(65,69-44-49-29-15-5-16-30-49)70-45-50-31-17-6-18-32-50/h2-39,56,61H,40-45H2,1H3,(H,60,63)/t59-/m0/s1. The van der Waals surface area contributed by atoms with Crippen LogP contribution in [0.15, 0.2) is 231 Å². The van der Waals surface area contributed by atoms with E-state index in [-0.39, 0.29) is 51.0 Å². The highest BCUT2D eigenvalue weighted by Crippen LogP contribution is 2.57. The summed E-state index contributed by atoms with van der Waals surface area (Å²) in [4.78, 5) is 28.2. The van der Waals surface area contributed by atoms with Crippen LogP contribution in [0.25, 0.3) is 0 Å². The molecule has 2 N–H and O–H groups in total. The zero-order valence-electron chi connectivity index (χ0n) is 41.1. The second kappa shape index (κ2) is 26.5. The van der Waals surface area contributed by atoms with E-state index in [0.717, 1.165) is 5.56 Å². The Balaban J connectivity index is 1.16. The van der Waals surface area contributed by atoms with Gasteiger partial charge in [-0.25, -0.2) is 24.1 Å². The molecule has 1 amide bonds. The number of amides is 1. The van der Waals surface area contributed by atoms with Crippen molar-refractivity contribution in [3.8, 4) is 11.5 Å². The second-order valence-electron chi connectivity index (χ2n) is 17.3. The monoisotopic (exact) mass is 1050 g/mol. The van der Waals surface area contributed by atoms with Gasteiger partial charge in [0, 0.05) is 6.42 Å². The van der Waals surface area contributed by atoms with Crippen molar-refractivity contribution < 1.29 is 55.3 Å². The van der Waals surface area contributed by atoms with Gasteiger partial charge >= 0.3 is 27.7 Å². The third kappa shape index (κ3) is 16.4. The zero-order chi connectivity index (χ0) is 52.2. The van der Waals surface area contributed by atoms with Gasteiger partial charge in [-0.2, -0.15) is 0 Å². The molecular formula is C59H56N2O12P2. The molecule has 14 nitrogen and oxygen atoms in total. The first-order valence-corrected chi connectivity index (χ1v) is 27.0. The first kappa shape index (κ1) is 53.6. The molecule has 0 spiro atoms. The zero-order valence-corrected chi connectivity index (χ0v) is 42.8. The van der Waals surface area contributed by atoms with Crippen molar-refractivity contribution in [3.63, 3.8) is 0 Å². The Labute approximate surface area is 436 Å². The fraction of sp³-hybridized carbons (Fsp3) is 0.153. The number of phosphoric acid groups is 2. The van der Waals surface area contributed by atoms with Crippen LogP contribution in [-0.2, 0) is 80.9 Å². The Kier molecular flexibility index (Phi) is 19.0. The van der Waals surface area contributed by atoms with E-state index in [9.17, 15) is 14.2 Å². The van der Waals surface area contributed by atoms with Gasteiger partial charge in [-0.1, -0.05) is 218 Å². The Bertz CT molecular complexity index is 3000. The summed E-state index contributed by atoms with van der Waals surface area (Å²) in [7, 11) is -9.25. The molecule has 384 valence electrons. The summed E-state index contributed by atoms with van der Waals surface area (Å²) in [5.74, 6) is -1.29. The molecule has 16 heteroatoms. The first-order chi connectivity index (χ1) is 36.5. The Morgan fingerprint density at radius 3 is 1.17 bits per heavy atom. The minimum atomic E-state index is -4.66. The van der Waals surface area contributed by atoms with Gasteiger partial charge in [0.1, 0.15) is 12.1 Å². The summed E-state index contributed by atoms with van der Waals surface area (Å²) < 4.78 is 78.6. The van der Waals surface area contributed by atoms with E-state index in [2.05, 4.69) is 10.9 Å². The highest BCUT2D eigenvalue weighted by molar-refractivity contribution is 7.49. The minimum Gasteiger partial charge on any atom is -0.451 e. The molecule has 0 bridgehead atoms. The van der Waals surface area contributed by atoms with Crippen LogP contribution in [0.2, 0.25) is 0 Å². The van der Waals surface area contributed by atoms with E-state index in [4.69, 9.17) is 36.6 Å². The van der Waals surface area contributed by atoms with Crippen molar-refractivity contribution in [3.05, 3.63) is 275 Å². The van der Waals surface area contributed by atoms with Crippen LogP contribution in [0.1, 0.15) is 57.5 Å². The molecule has 0 heterocycles. The molecule has 1 atom stereocenters. The Hall–Kier alpha value is -7.64. The van der Waals surface area contributed by atoms with Gasteiger partial charge in [-0.15, -0.1) is 0 Å². The summed E-state index contributed by atoms with van der Waals surface area (Å²) in [5.41, 5.74) is 8.86. The summed E-state index contributed by atoms with van der Waals surface area (Å²) in [6, 6.07) is 68.2. The summed E-state index contributed by atoms with van der Waals surface area (Å²) in [6.45, 7) is 0.788. The third-order valence-corrected chi connectivity index (χ3v) is 14.1. The number of rotatable bonds is 26. The molecule has 0 radical (unpaired) electrons. The molecular weight excluding hydrogens is 991 g/mol. The van der Waals surface area contributed by atoms with Gasteiger partial charge in [0.25, 0.3) is 0 Å². The van der Waals surface area contributed by atoms with Gasteiger partial charge < -0.3 is 18.5 Å². The SMILES string of the molecule is C[C@@](Cc1ccc(OP(=O)(OCc2ccccc2)OCc2ccccc2)c(OP(=O)(OCc2ccccc2)OCc2ccccc2)c1)(NNC(=O)OCc1ccccc1)C(=O)OC(c1ccccc1)c1ccccc1. The van der Waals surface area contributed by atoms with Crippen LogP contribution in [0.4, 0.5) is 4.79 Å². The number of hydrogen-bond donors (Lipinski definition) is 2. The average Bonchev–Trinajstić information content (AvgIpc) is 3.46. The lowest BCUT2D eigenvalue weighted by molar-refractivity contribution is -0.155. The fourth-order valence-electron chi connectivity index (χ4n) is 7.49. The minimum absolute atomic E-state index is 0.0471. The van der Waals surface area contributed by atoms with Crippen molar-refractivity contribution in [2.75, 3.05) is 0 Å². The van der Waals surface area contributed by atoms with Gasteiger partial charge in [0.05, 0.1) is 26.4 Å². The quantitative estimate of drug-likeness (QED) is 0.0299. The first-order valence-electron chi connectivity index (χ1n) is 24.0. The molecule has 0 aliphatic rings. The molecule has 0 saturated carbocycles. The smallest absolute Gasteiger partial charge is 0.451 e. The van der Waals surface area contributed by atoms with Crippen molar-refractivity contribution in [2.24, 2.45) is 0 Å². The summed E-state index contributed by atoms with van der Waals surface area (Å²) in [6.07, 6.45) is -1.96. The van der Waals surface area contributed by atoms with Gasteiger partial charge in [-0.3, -0.25) is 23.5 Å². The van der Waals surface area contributed by atoms with Crippen molar-refractivity contribution in [1.29, 1.82) is 0 Å². The summed E-state index contributed by atoms with van der Waals surface area (Å²) >= 11 is 0. The van der Waals surface area contributed by atoms with Crippen LogP contribution < -0.4 is 19.9 Å². The van der Waals surface area contributed by atoms with Crippen molar-refractivity contribution in [1.82, 2.24) is 10.9 Å². The van der Waals surface area contributed by atoms with Gasteiger partial charge in [-0.05, 0) is 63.6 Å². The molecule has 0 unspecified atom stereocenters. The maximum atomic E-state index is 15.1. The molecule has 0 saturated heterocycles. The lowest BCUT2D eigenvalue weighted by Crippen LogP contribution is -2.59. The van der Waals surface area contributed by atoms with E-state index in [1.165, 1.54) is 12.1 Å². The van der Waals surface area contributed by atoms with Crippen molar-refractivity contribution >= 4 is 27.7 Å². The van der Waals surface area contributed by atoms with Crippen LogP contribution in [-0.4, -0.2) is 17.6 Å². The van der Waals surface area contributed by atoms with E-state index in [1.807, 2.05) is 164 Å². The fourth-order valence-corrected chi connectivity index (χ4v) is 9.85.